The molecule has 128 valence electrons. The van der Waals surface area contributed by atoms with Gasteiger partial charge in [0.15, 0.2) is 0 Å². The molecule has 0 radical (unpaired) electrons. The number of amides is 1. The van der Waals surface area contributed by atoms with E-state index in [2.05, 4.69) is 4.90 Å². The van der Waals surface area contributed by atoms with E-state index in [0.29, 0.717) is 31.3 Å². The molecule has 6 nitrogen and oxygen atoms in total. The molecule has 0 aliphatic carbocycles. The zero-order chi connectivity index (χ0) is 16.4. The van der Waals surface area contributed by atoms with Crippen LogP contribution in [0, 0.1) is 5.92 Å². The first-order valence-corrected chi connectivity index (χ1v) is 8.44. The number of carbonyl (C=O) groups is 1. The van der Waals surface area contributed by atoms with Crippen molar-refractivity contribution >= 4 is 5.91 Å². The summed E-state index contributed by atoms with van der Waals surface area (Å²) in [6.45, 7) is 4.74. The van der Waals surface area contributed by atoms with Gasteiger partial charge in [0.05, 0.1) is 38.2 Å². The molecule has 0 bridgehead atoms. The number of ether oxygens (including phenoxy) is 1. The fourth-order valence-corrected chi connectivity index (χ4v) is 3.61. The van der Waals surface area contributed by atoms with E-state index in [1.165, 1.54) is 0 Å². The maximum atomic E-state index is 12.5. The Bertz CT molecular complexity index is 653. The van der Waals surface area contributed by atoms with Gasteiger partial charge in [0.25, 0.3) is 0 Å². The Hall–Kier alpha value is -2.05. The highest BCUT2D eigenvalue weighted by molar-refractivity contribution is 5.78. The highest BCUT2D eigenvalue weighted by atomic mass is 16.5. The summed E-state index contributed by atoms with van der Waals surface area (Å²) in [7, 11) is 0. The average Bonchev–Trinajstić information content (AvgIpc) is 3.29. The van der Waals surface area contributed by atoms with Crippen molar-refractivity contribution in [3.63, 3.8) is 0 Å². The number of hydrogen-bond donors (Lipinski definition) is 0. The van der Waals surface area contributed by atoms with Crippen molar-refractivity contribution in [1.29, 1.82) is 0 Å². The minimum absolute atomic E-state index is 0.110. The van der Waals surface area contributed by atoms with Gasteiger partial charge in [-0.2, -0.15) is 0 Å². The van der Waals surface area contributed by atoms with Crippen molar-refractivity contribution in [3.8, 4) is 0 Å². The van der Waals surface area contributed by atoms with E-state index in [4.69, 9.17) is 13.6 Å². The number of rotatable bonds is 4. The quantitative estimate of drug-likeness (QED) is 0.855. The molecule has 2 aliphatic heterocycles. The van der Waals surface area contributed by atoms with Gasteiger partial charge in [-0.3, -0.25) is 9.69 Å². The molecule has 6 heteroatoms. The molecule has 0 saturated carbocycles. The minimum Gasteiger partial charge on any atom is -0.469 e. The maximum absolute atomic E-state index is 12.5. The lowest BCUT2D eigenvalue weighted by Crippen LogP contribution is -2.34. The lowest BCUT2D eigenvalue weighted by molar-refractivity contribution is -0.130. The van der Waals surface area contributed by atoms with Gasteiger partial charge in [-0.1, -0.05) is 0 Å². The second kappa shape index (κ2) is 6.83. The minimum atomic E-state index is 0.110. The fourth-order valence-electron chi connectivity index (χ4n) is 3.61. The Morgan fingerprint density at radius 3 is 2.62 bits per heavy atom. The monoisotopic (exact) mass is 330 g/mol. The van der Waals surface area contributed by atoms with Crippen molar-refractivity contribution in [2.45, 2.75) is 19.1 Å². The van der Waals surface area contributed by atoms with Gasteiger partial charge in [-0.25, -0.2) is 0 Å². The van der Waals surface area contributed by atoms with Crippen LogP contribution in [0.3, 0.4) is 0 Å². The largest absolute Gasteiger partial charge is 0.469 e. The van der Waals surface area contributed by atoms with Crippen molar-refractivity contribution in [2.75, 3.05) is 32.8 Å². The molecule has 1 amide bonds. The third-order valence-electron chi connectivity index (χ3n) is 4.83. The van der Waals surface area contributed by atoms with E-state index in [1.807, 2.05) is 29.2 Å². The molecule has 24 heavy (non-hydrogen) atoms. The van der Waals surface area contributed by atoms with Gasteiger partial charge in [0.1, 0.15) is 11.5 Å². The van der Waals surface area contributed by atoms with Gasteiger partial charge >= 0.3 is 0 Å². The van der Waals surface area contributed by atoms with Crippen LogP contribution in [-0.4, -0.2) is 54.6 Å². The van der Waals surface area contributed by atoms with Crippen LogP contribution in [0.5, 0.6) is 0 Å². The van der Waals surface area contributed by atoms with Crippen molar-refractivity contribution < 1.29 is 18.4 Å². The molecule has 2 saturated heterocycles. The number of fused-ring (bicyclic) bond motifs is 1. The summed E-state index contributed by atoms with van der Waals surface area (Å²) in [4.78, 5) is 16.7. The number of likely N-dealkylation sites (tertiary alicyclic amines) is 1. The molecular weight excluding hydrogens is 308 g/mol. The van der Waals surface area contributed by atoms with E-state index in [0.717, 1.165) is 31.9 Å². The molecule has 2 aromatic rings. The molecule has 2 aromatic heterocycles. The van der Waals surface area contributed by atoms with Crippen LogP contribution >= 0.6 is 0 Å². The molecule has 0 N–H and O–H groups in total. The highest BCUT2D eigenvalue weighted by Crippen LogP contribution is 2.25. The normalized spacial score (nSPS) is 24.8. The summed E-state index contributed by atoms with van der Waals surface area (Å²) in [5.41, 5.74) is 0. The van der Waals surface area contributed by atoms with E-state index < -0.39 is 0 Å². The van der Waals surface area contributed by atoms with Crippen LogP contribution < -0.4 is 0 Å². The molecule has 0 aromatic carbocycles. The predicted molar refractivity (Wildman–Crippen MR) is 86.2 cm³/mol. The summed E-state index contributed by atoms with van der Waals surface area (Å²) in [5, 5.41) is 0. The summed E-state index contributed by atoms with van der Waals surface area (Å²) < 4.78 is 16.7. The third-order valence-corrected chi connectivity index (χ3v) is 4.83. The number of furan rings is 2. The Kier molecular flexibility index (Phi) is 4.40. The summed E-state index contributed by atoms with van der Waals surface area (Å²) in [6, 6.07) is 7.56. The second-order valence-electron chi connectivity index (χ2n) is 6.54. The number of nitrogens with zero attached hydrogens (tertiary/aromatic N) is 2. The standard InChI is InChI=1S/C18H22N2O4/c21-18(9-15-3-1-6-22-15)20-11-14-10-19(5-8-24-17(14)13-20)12-16-4-2-7-23-16/h1-4,6-7,14,17H,5,8-13H2/t14-,17+/m1/s1. The molecule has 2 atom stereocenters. The number of hydrogen-bond acceptors (Lipinski definition) is 5. The molecule has 2 fully saturated rings. The van der Waals surface area contributed by atoms with Crippen LogP contribution in [0.1, 0.15) is 11.5 Å². The van der Waals surface area contributed by atoms with Gasteiger partial charge in [0, 0.05) is 32.1 Å². The Labute approximate surface area is 141 Å². The molecule has 4 heterocycles. The van der Waals surface area contributed by atoms with Crippen LogP contribution in [-0.2, 0) is 22.5 Å². The van der Waals surface area contributed by atoms with Gasteiger partial charge in [-0.05, 0) is 24.3 Å². The van der Waals surface area contributed by atoms with Crippen LogP contribution in [0.25, 0.3) is 0 Å². The average molecular weight is 330 g/mol. The van der Waals surface area contributed by atoms with E-state index in [9.17, 15) is 4.79 Å². The molecular formula is C18H22N2O4. The first-order valence-electron chi connectivity index (χ1n) is 8.44. The van der Waals surface area contributed by atoms with Gasteiger partial charge in [-0.15, -0.1) is 0 Å². The predicted octanol–water partition coefficient (Wildman–Crippen LogP) is 1.77. The van der Waals surface area contributed by atoms with E-state index in [-0.39, 0.29) is 12.0 Å². The summed E-state index contributed by atoms with van der Waals surface area (Å²) in [6.07, 6.45) is 3.76. The van der Waals surface area contributed by atoms with Crippen LogP contribution in [0.4, 0.5) is 0 Å². The molecule has 4 rings (SSSR count). The van der Waals surface area contributed by atoms with Gasteiger partial charge < -0.3 is 18.5 Å². The Balaban J connectivity index is 1.36. The SMILES string of the molecule is O=C(Cc1ccco1)N1C[C@H]2CN(Cc3ccco3)CCO[C@H]2C1. The fraction of sp³-hybridized carbons (Fsp3) is 0.500. The molecule has 0 spiro atoms. The second-order valence-corrected chi connectivity index (χ2v) is 6.54. The van der Waals surface area contributed by atoms with E-state index >= 15 is 0 Å². The lowest BCUT2D eigenvalue weighted by Gasteiger charge is -2.22. The zero-order valence-electron chi connectivity index (χ0n) is 13.6. The van der Waals surface area contributed by atoms with E-state index in [1.54, 1.807) is 12.5 Å². The maximum Gasteiger partial charge on any atom is 0.230 e. The van der Waals surface area contributed by atoms with Crippen LogP contribution in [0.2, 0.25) is 0 Å². The molecule has 2 aliphatic rings. The van der Waals surface area contributed by atoms with Crippen molar-refractivity contribution in [2.24, 2.45) is 5.92 Å². The lowest BCUT2D eigenvalue weighted by atomic mass is 10.1. The number of carbonyl (C=O) groups excluding carboxylic acids is 1. The Morgan fingerprint density at radius 1 is 1.08 bits per heavy atom. The highest BCUT2D eigenvalue weighted by Gasteiger charge is 2.38. The smallest absolute Gasteiger partial charge is 0.230 e. The zero-order valence-corrected chi connectivity index (χ0v) is 13.6. The third kappa shape index (κ3) is 3.39. The van der Waals surface area contributed by atoms with Crippen molar-refractivity contribution in [1.82, 2.24) is 9.80 Å². The molecule has 0 unspecified atom stereocenters. The Morgan fingerprint density at radius 2 is 1.88 bits per heavy atom. The van der Waals surface area contributed by atoms with Crippen LogP contribution in [0.15, 0.2) is 45.6 Å². The first kappa shape index (κ1) is 15.5. The topological polar surface area (TPSA) is 59.1 Å². The van der Waals surface area contributed by atoms with Gasteiger partial charge in [0.2, 0.25) is 5.91 Å². The van der Waals surface area contributed by atoms with Crippen molar-refractivity contribution in [3.05, 3.63) is 48.3 Å². The summed E-state index contributed by atoms with van der Waals surface area (Å²) in [5.74, 6) is 2.15. The summed E-state index contributed by atoms with van der Waals surface area (Å²) >= 11 is 0. The first-order chi connectivity index (χ1) is 11.8.